The van der Waals surface area contributed by atoms with Crippen LogP contribution in [0.25, 0.3) is 33.8 Å². The number of nitrogen functional groups attached to an aromatic ring is 1. The summed E-state index contributed by atoms with van der Waals surface area (Å²) in [5.41, 5.74) is 14.4. The normalized spacial score (nSPS) is 11.1. The van der Waals surface area contributed by atoms with E-state index >= 15 is 0 Å². The van der Waals surface area contributed by atoms with Gasteiger partial charge in [0, 0.05) is 53.1 Å². The molecule has 0 unspecified atom stereocenters. The molecule has 18 nitrogen and oxygen atoms in total. The van der Waals surface area contributed by atoms with Gasteiger partial charge in [0.1, 0.15) is 35.5 Å². The van der Waals surface area contributed by atoms with Crippen LogP contribution in [0.5, 0.6) is 0 Å². The minimum absolute atomic E-state index is 0.231. The molecular formula is C54H52N6O12S3. The first-order valence-electron chi connectivity index (χ1n) is 22.4. The average molecular weight is 1070 g/mol. The van der Waals surface area contributed by atoms with Gasteiger partial charge in [-0.2, -0.15) is 0 Å². The molecule has 9 aromatic rings. The highest BCUT2D eigenvalue weighted by Gasteiger charge is 2.14. The highest BCUT2D eigenvalue weighted by atomic mass is 32.2. The summed E-state index contributed by atoms with van der Waals surface area (Å²) >= 11 is 0. The Morgan fingerprint density at radius 3 is 1.25 bits per heavy atom. The molecule has 0 radical (unpaired) electrons. The van der Waals surface area contributed by atoms with Gasteiger partial charge in [0.05, 0.1) is 62.4 Å². The van der Waals surface area contributed by atoms with Crippen molar-refractivity contribution in [2.75, 3.05) is 35.1 Å². The number of sulfone groups is 3. The summed E-state index contributed by atoms with van der Waals surface area (Å²) in [6, 6.07) is 36.0. The van der Waals surface area contributed by atoms with E-state index in [0.29, 0.717) is 44.8 Å². The van der Waals surface area contributed by atoms with Crippen molar-refractivity contribution in [2.24, 2.45) is 0 Å². The third-order valence-corrected chi connectivity index (χ3v) is 14.2. The summed E-state index contributed by atoms with van der Waals surface area (Å²) in [6.45, 7) is 6.10. The molecule has 0 fully saturated rings. The molecule has 0 saturated carbocycles. The fourth-order valence-electron chi connectivity index (χ4n) is 6.70. The number of furan rings is 3. The minimum atomic E-state index is -3.24. The number of nitrogens with zero attached hydrogens (tertiary/aromatic N) is 3. The van der Waals surface area contributed by atoms with Crippen LogP contribution >= 0.6 is 0 Å². The predicted octanol–water partition coefficient (Wildman–Crippen LogP) is 9.99. The van der Waals surface area contributed by atoms with E-state index in [0.717, 1.165) is 56.8 Å². The number of pyridine rings is 3. The van der Waals surface area contributed by atoms with E-state index in [1.54, 1.807) is 111 Å². The molecule has 5 N–H and O–H groups in total. The van der Waals surface area contributed by atoms with Crippen LogP contribution in [0.2, 0.25) is 0 Å². The fourth-order valence-corrected chi connectivity index (χ4v) is 8.59. The molecule has 0 atom stereocenters. The number of anilines is 3. The quantitative estimate of drug-likeness (QED) is 0.0885. The molecule has 6 aromatic heterocycles. The van der Waals surface area contributed by atoms with Crippen LogP contribution in [0.1, 0.15) is 43.0 Å². The zero-order valence-corrected chi connectivity index (χ0v) is 43.8. The zero-order chi connectivity index (χ0) is 54.5. The molecule has 75 heavy (non-hydrogen) atoms. The van der Waals surface area contributed by atoms with Crippen molar-refractivity contribution in [1.29, 1.82) is 0 Å². The molecule has 3 aromatic carbocycles. The van der Waals surface area contributed by atoms with Crippen LogP contribution in [0, 0.1) is 20.8 Å². The Morgan fingerprint density at radius 2 is 0.880 bits per heavy atom. The number of nitrogens with two attached hydrogens (primary N) is 1. The molecule has 0 saturated heterocycles. The van der Waals surface area contributed by atoms with Crippen molar-refractivity contribution in [3.8, 4) is 33.8 Å². The summed E-state index contributed by atoms with van der Waals surface area (Å²) in [7, 11) is -9.59. The van der Waals surface area contributed by atoms with Crippen molar-refractivity contribution < 1.29 is 53.2 Å². The number of aryl methyl sites for hydroxylation is 3. The van der Waals surface area contributed by atoms with Crippen molar-refractivity contribution in [3.05, 3.63) is 198 Å². The second kappa shape index (κ2) is 24.4. The molecule has 0 spiro atoms. The number of aromatic carboxylic acids is 1. The standard InChI is InChI=1S/C18H16N2O4S.C18H18N2O3S.C12H12N2O2S.C6H6O3/c1-12-10-24-11-15(12)18(21)20-17-5-3-4-16(19-17)13-6-8-14(9-7-13)25(2,22)23;1-13-11-23-12-15(13)10-19-18-5-3-4-17(20-18)14-6-8-16(9-7-14)24(2,21)22;1-17(15,16)10-7-5-9(6-8-10)11-3-2-4-12(13)14-11;1-4-2-9-3-5(4)6(7)8/h3-11H,1-2H3,(H,19,20,21);3-9,11-12H,10H2,1-2H3,(H,19,20);2-8H,1H3,(H2,13,14);2-3H,1H3,(H,7,8). The predicted molar refractivity (Wildman–Crippen MR) is 285 cm³/mol. The SMILES string of the molecule is CS(=O)(=O)c1ccc(-c2cccc(N)n2)cc1.Cc1cocc1C(=O)Nc1cccc(-c2ccc(S(C)(=O)=O)cc2)n1.Cc1cocc1C(=O)O.Cc1cocc1CNc1cccc(-c2ccc(S(C)(=O)=O)cc2)n1. The first-order chi connectivity index (χ1) is 35.5. The highest BCUT2D eigenvalue weighted by Crippen LogP contribution is 2.24. The number of rotatable bonds is 12. The first-order valence-corrected chi connectivity index (χ1v) is 28.1. The lowest BCUT2D eigenvalue weighted by molar-refractivity contribution is 0.0695. The number of hydrogen-bond donors (Lipinski definition) is 4. The molecular weight excluding hydrogens is 1020 g/mol. The second-order valence-electron chi connectivity index (χ2n) is 16.8. The zero-order valence-electron chi connectivity index (χ0n) is 41.4. The Labute approximate surface area is 434 Å². The van der Waals surface area contributed by atoms with Crippen LogP contribution in [0.15, 0.2) is 193 Å². The number of carboxylic acids is 1. The van der Waals surface area contributed by atoms with Gasteiger partial charge in [0.25, 0.3) is 5.91 Å². The van der Waals surface area contributed by atoms with Gasteiger partial charge >= 0.3 is 5.97 Å². The molecule has 0 aliphatic carbocycles. The second-order valence-corrected chi connectivity index (χ2v) is 22.8. The maximum absolute atomic E-state index is 12.2. The summed E-state index contributed by atoms with van der Waals surface area (Å²) in [5, 5.41) is 14.4. The maximum atomic E-state index is 12.2. The summed E-state index contributed by atoms with van der Waals surface area (Å²) in [5.74, 6) is 0.342. The van der Waals surface area contributed by atoms with Crippen LogP contribution < -0.4 is 16.4 Å². The molecule has 0 aliphatic rings. The molecule has 0 bridgehead atoms. The van der Waals surface area contributed by atoms with E-state index < -0.39 is 35.5 Å². The monoisotopic (exact) mass is 1070 g/mol. The molecule has 1 amide bonds. The Kier molecular flexibility index (Phi) is 18.1. The number of nitrogens with one attached hydrogen (secondary N) is 2. The molecule has 21 heteroatoms. The summed E-state index contributed by atoms with van der Waals surface area (Å²) < 4.78 is 83.5. The number of benzene rings is 3. The molecule has 0 aliphatic heterocycles. The fraction of sp³-hybridized carbons (Fsp3) is 0.130. The largest absolute Gasteiger partial charge is 0.478 e. The van der Waals surface area contributed by atoms with E-state index in [9.17, 15) is 34.8 Å². The van der Waals surface area contributed by atoms with Crippen molar-refractivity contribution in [2.45, 2.75) is 42.0 Å². The third-order valence-electron chi connectivity index (χ3n) is 10.9. The Bertz CT molecular complexity index is 3760. The van der Waals surface area contributed by atoms with Gasteiger partial charge in [-0.15, -0.1) is 0 Å². The first kappa shape index (κ1) is 55.7. The smallest absolute Gasteiger partial charge is 0.339 e. The van der Waals surface area contributed by atoms with Gasteiger partial charge in [-0.1, -0.05) is 54.6 Å². The topological polar surface area (TPSA) is 285 Å². The minimum Gasteiger partial charge on any atom is -0.478 e. The van der Waals surface area contributed by atoms with Crippen LogP contribution in [0.3, 0.4) is 0 Å². The highest BCUT2D eigenvalue weighted by molar-refractivity contribution is 7.91. The van der Waals surface area contributed by atoms with Crippen molar-refractivity contribution >= 4 is 58.8 Å². The Hall–Kier alpha value is -8.66. The lowest BCUT2D eigenvalue weighted by atomic mass is 10.1. The van der Waals surface area contributed by atoms with Gasteiger partial charge in [-0.25, -0.2) is 45.0 Å². The number of aromatic nitrogens is 3. The Balaban J connectivity index is 0.000000171. The van der Waals surface area contributed by atoms with E-state index in [2.05, 4.69) is 30.0 Å². The molecule has 9 rings (SSSR count). The number of hydrogen-bond acceptors (Lipinski definition) is 16. The number of carbonyl (C=O) groups excluding carboxylic acids is 1. The van der Waals surface area contributed by atoms with Gasteiger partial charge in [0.2, 0.25) is 0 Å². The van der Waals surface area contributed by atoms with Gasteiger partial charge in [-0.3, -0.25) is 4.79 Å². The van der Waals surface area contributed by atoms with Crippen LogP contribution in [0.4, 0.5) is 17.5 Å². The van der Waals surface area contributed by atoms with Gasteiger partial charge < -0.3 is 34.7 Å². The van der Waals surface area contributed by atoms with Crippen LogP contribution in [-0.2, 0) is 36.1 Å². The van der Waals surface area contributed by atoms with Gasteiger partial charge in [0.15, 0.2) is 29.5 Å². The van der Waals surface area contributed by atoms with E-state index in [1.807, 2.05) is 37.3 Å². The Morgan fingerprint density at radius 1 is 0.493 bits per heavy atom. The number of amides is 1. The van der Waals surface area contributed by atoms with E-state index in [1.165, 1.54) is 49.7 Å². The van der Waals surface area contributed by atoms with Crippen molar-refractivity contribution in [3.63, 3.8) is 0 Å². The third kappa shape index (κ3) is 15.9. The van der Waals surface area contributed by atoms with Crippen molar-refractivity contribution in [1.82, 2.24) is 15.0 Å². The molecule has 6 heterocycles. The lowest BCUT2D eigenvalue weighted by Gasteiger charge is -2.08. The molecule has 388 valence electrons. The lowest BCUT2D eigenvalue weighted by Crippen LogP contribution is -2.13. The van der Waals surface area contributed by atoms with Crippen LogP contribution in [-0.4, -0.2) is 76.0 Å². The van der Waals surface area contributed by atoms with E-state index in [-0.39, 0.29) is 16.4 Å². The maximum Gasteiger partial charge on any atom is 0.339 e. The summed E-state index contributed by atoms with van der Waals surface area (Å²) in [4.78, 5) is 36.4. The van der Waals surface area contributed by atoms with Gasteiger partial charge in [-0.05, 0) is 105 Å². The average Bonchev–Trinajstić information content (AvgIpc) is 4.14. The number of carbonyl (C=O) groups is 2. The summed E-state index contributed by atoms with van der Waals surface area (Å²) in [6.07, 6.45) is 12.5. The van der Waals surface area contributed by atoms with E-state index in [4.69, 9.17) is 19.7 Å². The number of carboxylic acid groups (broad SMARTS) is 1.